The van der Waals surface area contributed by atoms with Gasteiger partial charge in [0.2, 0.25) is 6.79 Å². The molecule has 0 atom stereocenters. The van der Waals surface area contributed by atoms with Crippen LogP contribution in [0.2, 0.25) is 0 Å². The second-order valence-corrected chi connectivity index (χ2v) is 6.21. The zero-order valence-electron chi connectivity index (χ0n) is 16.8. The zero-order chi connectivity index (χ0) is 22.1. The lowest BCUT2D eigenvalue weighted by Gasteiger charge is -2.06. The minimum atomic E-state index is -0.486. The quantitative estimate of drug-likeness (QED) is 0.350. The van der Waals surface area contributed by atoms with Crippen LogP contribution < -0.4 is 25.0 Å². The Morgan fingerprint density at radius 1 is 1.10 bits per heavy atom. The number of fused-ring (bicyclic) bond motifs is 1. The number of nitrogens with one attached hydrogen (secondary N) is 2. The average molecular weight is 427 g/mol. The van der Waals surface area contributed by atoms with Crippen LogP contribution in [0.5, 0.6) is 17.2 Å². The largest absolute Gasteiger partial charge is 0.482 e. The first kappa shape index (κ1) is 21.6. The van der Waals surface area contributed by atoms with Gasteiger partial charge in [-0.2, -0.15) is 5.10 Å². The van der Waals surface area contributed by atoms with Crippen molar-refractivity contribution < 1.29 is 33.3 Å². The molecule has 0 aromatic heterocycles. The number of hydrogen-bond donors (Lipinski definition) is 2. The van der Waals surface area contributed by atoms with E-state index in [1.807, 2.05) is 0 Å². The molecule has 2 N–H and O–H groups in total. The molecule has 0 spiro atoms. The van der Waals surface area contributed by atoms with E-state index in [1.165, 1.54) is 6.21 Å². The summed E-state index contributed by atoms with van der Waals surface area (Å²) in [5.74, 6) is 0.207. The van der Waals surface area contributed by atoms with Gasteiger partial charge in [-0.15, -0.1) is 0 Å². The van der Waals surface area contributed by atoms with Gasteiger partial charge in [0.05, 0.1) is 19.4 Å². The highest BCUT2D eigenvalue weighted by atomic mass is 16.7. The lowest BCUT2D eigenvalue weighted by molar-refractivity contribution is -0.145. The first-order chi connectivity index (χ1) is 15.0. The van der Waals surface area contributed by atoms with Crippen molar-refractivity contribution in [2.75, 3.05) is 26.6 Å². The van der Waals surface area contributed by atoms with Crippen molar-refractivity contribution in [3.63, 3.8) is 0 Å². The van der Waals surface area contributed by atoms with Crippen LogP contribution in [0, 0.1) is 0 Å². The molecule has 0 bridgehead atoms. The van der Waals surface area contributed by atoms with E-state index in [9.17, 15) is 14.4 Å². The third kappa shape index (κ3) is 6.46. The molecule has 31 heavy (non-hydrogen) atoms. The summed E-state index contributed by atoms with van der Waals surface area (Å²) in [7, 11) is 0. The van der Waals surface area contributed by atoms with Gasteiger partial charge in [-0.05, 0) is 55.0 Å². The van der Waals surface area contributed by atoms with Crippen molar-refractivity contribution in [1.82, 2.24) is 10.7 Å². The van der Waals surface area contributed by atoms with E-state index in [0.29, 0.717) is 35.0 Å². The van der Waals surface area contributed by atoms with Gasteiger partial charge in [-0.3, -0.25) is 9.59 Å². The minimum Gasteiger partial charge on any atom is -0.482 e. The number of ether oxygens (including phenoxy) is 4. The number of carbonyl (C=O) groups excluding carboxylic acids is 3. The Labute approximate surface area is 178 Å². The van der Waals surface area contributed by atoms with Gasteiger partial charge in [0, 0.05) is 5.56 Å². The molecular formula is C21H21N3O7. The van der Waals surface area contributed by atoms with Crippen molar-refractivity contribution in [1.29, 1.82) is 0 Å². The molecule has 1 heterocycles. The van der Waals surface area contributed by atoms with Crippen LogP contribution in [0.4, 0.5) is 0 Å². The summed E-state index contributed by atoms with van der Waals surface area (Å²) in [6.45, 7) is 1.72. The Morgan fingerprint density at radius 3 is 2.65 bits per heavy atom. The highest BCUT2D eigenvalue weighted by Gasteiger charge is 2.16. The molecule has 0 unspecified atom stereocenters. The summed E-state index contributed by atoms with van der Waals surface area (Å²) in [5.41, 5.74) is 3.38. The third-order valence-corrected chi connectivity index (χ3v) is 3.99. The fourth-order valence-electron chi connectivity index (χ4n) is 2.51. The fraction of sp³-hybridized carbons (Fsp3) is 0.238. The van der Waals surface area contributed by atoms with Gasteiger partial charge >= 0.3 is 5.97 Å². The van der Waals surface area contributed by atoms with E-state index in [1.54, 1.807) is 49.4 Å². The maximum atomic E-state index is 12.1. The monoisotopic (exact) mass is 427 g/mol. The fourth-order valence-corrected chi connectivity index (χ4v) is 2.51. The van der Waals surface area contributed by atoms with Crippen LogP contribution in [0.1, 0.15) is 22.8 Å². The van der Waals surface area contributed by atoms with Crippen LogP contribution in [0.15, 0.2) is 47.6 Å². The van der Waals surface area contributed by atoms with E-state index in [4.69, 9.17) is 18.9 Å². The third-order valence-electron chi connectivity index (χ3n) is 3.99. The highest BCUT2D eigenvalue weighted by molar-refractivity contribution is 5.97. The Bertz CT molecular complexity index is 973. The van der Waals surface area contributed by atoms with E-state index >= 15 is 0 Å². The van der Waals surface area contributed by atoms with Crippen molar-refractivity contribution in [2.45, 2.75) is 6.92 Å². The molecule has 1 aliphatic heterocycles. The number of amides is 2. The van der Waals surface area contributed by atoms with Crippen molar-refractivity contribution in [3.8, 4) is 17.2 Å². The summed E-state index contributed by atoms with van der Waals surface area (Å²) in [4.78, 5) is 35.3. The average Bonchev–Trinajstić information content (AvgIpc) is 3.25. The Morgan fingerprint density at radius 2 is 1.87 bits per heavy atom. The maximum absolute atomic E-state index is 12.1. The molecule has 2 amide bonds. The zero-order valence-corrected chi connectivity index (χ0v) is 16.8. The summed E-state index contributed by atoms with van der Waals surface area (Å²) in [6.07, 6.45) is 1.44. The minimum absolute atomic E-state index is 0.115. The molecule has 2 aromatic rings. The summed E-state index contributed by atoms with van der Waals surface area (Å²) in [6, 6.07) is 11.5. The van der Waals surface area contributed by atoms with Gasteiger partial charge in [0.25, 0.3) is 11.8 Å². The molecule has 162 valence electrons. The number of rotatable bonds is 9. The van der Waals surface area contributed by atoms with E-state index < -0.39 is 17.8 Å². The number of nitrogens with zero attached hydrogens (tertiary/aromatic N) is 1. The Kier molecular flexibility index (Phi) is 7.41. The number of hydrogen-bond acceptors (Lipinski definition) is 8. The number of benzene rings is 2. The molecule has 10 nitrogen and oxygen atoms in total. The molecule has 3 rings (SSSR count). The summed E-state index contributed by atoms with van der Waals surface area (Å²) in [5, 5.41) is 6.34. The molecule has 0 saturated carbocycles. The second-order valence-electron chi connectivity index (χ2n) is 6.21. The number of hydrazone groups is 1. The second kappa shape index (κ2) is 10.6. The van der Waals surface area contributed by atoms with Gasteiger partial charge in [-0.1, -0.05) is 0 Å². The smallest absolute Gasteiger partial charge is 0.344 e. The summed E-state index contributed by atoms with van der Waals surface area (Å²) >= 11 is 0. The first-order valence-corrected chi connectivity index (χ1v) is 9.43. The topological polar surface area (TPSA) is 125 Å². The Hall–Kier alpha value is -4.08. The number of esters is 1. The van der Waals surface area contributed by atoms with Crippen LogP contribution in [0.3, 0.4) is 0 Å². The summed E-state index contributed by atoms with van der Waals surface area (Å²) < 4.78 is 20.5. The molecule has 1 aliphatic rings. The van der Waals surface area contributed by atoms with Gasteiger partial charge in [0.1, 0.15) is 5.75 Å². The van der Waals surface area contributed by atoms with Crippen LogP contribution in [0.25, 0.3) is 0 Å². The van der Waals surface area contributed by atoms with Crippen LogP contribution in [-0.4, -0.2) is 50.5 Å². The van der Waals surface area contributed by atoms with Crippen molar-refractivity contribution >= 4 is 24.0 Å². The molecule has 0 radical (unpaired) electrons. The lowest BCUT2D eigenvalue weighted by atomic mass is 10.2. The van der Waals surface area contributed by atoms with Crippen molar-refractivity contribution in [3.05, 3.63) is 53.6 Å². The van der Waals surface area contributed by atoms with Crippen LogP contribution >= 0.6 is 0 Å². The van der Waals surface area contributed by atoms with Crippen molar-refractivity contribution in [2.24, 2.45) is 5.10 Å². The number of carbonyl (C=O) groups is 3. The SMILES string of the molecule is CCOC(=O)COc1ccc(C=NNC(=O)CNC(=O)c2ccc3c(c2)OCO3)cc1. The molecule has 0 aliphatic carbocycles. The highest BCUT2D eigenvalue weighted by Crippen LogP contribution is 2.32. The molecule has 0 fully saturated rings. The molecule has 0 saturated heterocycles. The predicted molar refractivity (Wildman–Crippen MR) is 109 cm³/mol. The predicted octanol–water partition coefficient (Wildman–Crippen LogP) is 1.24. The van der Waals surface area contributed by atoms with Gasteiger partial charge in [0.15, 0.2) is 18.1 Å². The molecule has 10 heteroatoms. The standard InChI is InChI=1S/C21H21N3O7/c1-2-28-20(26)12-29-16-6-3-14(4-7-16)10-23-24-19(25)11-22-21(27)15-5-8-17-18(9-15)31-13-30-17/h3-10H,2,11-13H2,1H3,(H,22,27)(H,24,25). The molecular weight excluding hydrogens is 406 g/mol. The van der Waals surface area contributed by atoms with Gasteiger partial charge < -0.3 is 24.3 Å². The van der Waals surface area contributed by atoms with Gasteiger partial charge in [-0.25, -0.2) is 10.2 Å². The maximum Gasteiger partial charge on any atom is 0.344 e. The van der Waals surface area contributed by atoms with E-state index in [-0.39, 0.29) is 19.9 Å². The lowest BCUT2D eigenvalue weighted by Crippen LogP contribution is -2.34. The Balaban J connectivity index is 1.40. The normalized spacial score (nSPS) is 11.8. The van der Waals surface area contributed by atoms with Crippen LogP contribution in [-0.2, 0) is 14.3 Å². The first-order valence-electron chi connectivity index (χ1n) is 9.43. The molecule has 2 aromatic carbocycles. The van der Waals surface area contributed by atoms with E-state index in [2.05, 4.69) is 15.8 Å². The van der Waals surface area contributed by atoms with E-state index in [0.717, 1.165) is 0 Å².